The first-order chi connectivity index (χ1) is 37.1. The second-order valence-electron chi connectivity index (χ2n) is 19.7. The normalized spacial score (nSPS) is 15.8. The lowest BCUT2D eigenvalue weighted by molar-refractivity contribution is 0.0927. The lowest BCUT2D eigenvalue weighted by Gasteiger charge is -2.35. The first-order valence-corrected chi connectivity index (χ1v) is 26.0. The molecular weight excluding hydrogens is 975 g/mol. The van der Waals surface area contributed by atoms with Gasteiger partial charge in [-0.15, -0.1) is 0 Å². The van der Waals surface area contributed by atoms with Crippen LogP contribution in [0, 0.1) is 23.3 Å². The van der Waals surface area contributed by atoms with Crippen molar-refractivity contribution in [2.45, 2.75) is 51.0 Å². The number of amides is 2. The van der Waals surface area contributed by atoms with Crippen molar-refractivity contribution in [2.75, 3.05) is 80.6 Å². The minimum Gasteiger partial charge on any atom is -0.352 e. The summed E-state index contributed by atoms with van der Waals surface area (Å²) in [6.07, 6.45) is 13.4. The second-order valence-corrected chi connectivity index (χ2v) is 19.7. The van der Waals surface area contributed by atoms with Crippen LogP contribution in [0.2, 0.25) is 0 Å². The molecule has 2 aliphatic heterocycles. The van der Waals surface area contributed by atoms with E-state index in [9.17, 15) is 27.2 Å². The minimum absolute atomic E-state index is 0.0260. The summed E-state index contributed by atoms with van der Waals surface area (Å²) in [5, 5.41) is 7.80. The van der Waals surface area contributed by atoms with Crippen molar-refractivity contribution >= 4 is 73.0 Å². The van der Waals surface area contributed by atoms with Gasteiger partial charge < -0.3 is 30.4 Å². The highest BCUT2D eigenvalue weighted by Crippen LogP contribution is 2.34. The van der Waals surface area contributed by atoms with Gasteiger partial charge in [0.1, 0.15) is 34.7 Å². The summed E-state index contributed by atoms with van der Waals surface area (Å²) in [6.45, 7) is 7.99. The van der Waals surface area contributed by atoms with Gasteiger partial charge in [0.15, 0.2) is 34.9 Å². The smallest absolute Gasteiger partial charge is 0.256 e. The number of anilines is 3. The maximum atomic E-state index is 13.5. The Bertz CT molecular complexity index is 3530. The van der Waals surface area contributed by atoms with Gasteiger partial charge in [0.05, 0.1) is 5.56 Å². The summed E-state index contributed by atoms with van der Waals surface area (Å²) in [6, 6.07) is 23.3. The average molecular weight is 1030 g/mol. The van der Waals surface area contributed by atoms with Gasteiger partial charge in [0.2, 0.25) is 0 Å². The Balaban J connectivity index is 0.000000162. The van der Waals surface area contributed by atoms with E-state index in [0.717, 1.165) is 139 Å². The number of nitrogens with one attached hydrogen (secondary N) is 4. The topological polar surface area (TPSA) is 167 Å². The van der Waals surface area contributed by atoms with Crippen LogP contribution >= 0.6 is 0 Å². The van der Waals surface area contributed by atoms with Crippen LogP contribution in [0.4, 0.5) is 34.9 Å². The number of aromatic nitrogens is 7. The lowest BCUT2D eigenvalue weighted by atomic mass is 9.95. The van der Waals surface area contributed by atoms with E-state index in [-0.39, 0.29) is 17.9 Å². The van der Waals surface area contributed by atoms with Crippen molar-refractivity contribution in [1.82, 2.24) is 50.0 Å². The molecule has 0 bridgehead atoms. The van der Waals surface area contributed by atoms with Crippen LogP contribution in [-0.2, 0) is 12.8 Å². The molecule has 5 aromatic heterocycles. The molecule has 12 rings (SSSR count). The Morgan fingerprint density at radius 2 is 1.16 bits per heavy atom. The molecule has 2 amide bonds. The maximum absolute atomic E-state index is 13.5. The third-order valence-corrected chi connectivity index (χ3v) is 14.9. The lowest BCUT2D eigenvalue weighted by Crippen LogP contribution is -2.47. The van der Waals surface area contributed by atoms with E-state index >= 15 is 0 Å². The molecule has 3 fully saturated rings. The third-order valence-electron chi connectivity index (χ3n) is 14.9. The first kappa shape index (κ1) is 50.1. The van der Waals surface area contributed by atoms with Crippen LogP contribution in [-0.4, -0.2) is 128 Å². The number of benzene rings is 4. The molecule has 3 aliphatic rings. The van der Waals surface area contributed by atoms with Crippen LogP contribution in [0.15, 0.2) is 110 Å². The summed E-state index contributed by atoms with van der Waals surface area (Å²) >= 11 is 0. The third kappa shape index (κ3) is 11.0. The number of piperazine rings is 2. The Morgan fingerprint density at radius 3 is 1.76 bits per heavy atom. The maximum Gasteiger partial charge on any atom is 0.256 e. The predicted molar refractivity (Wildman–Crippen MR) is 287 cm³/mol. The van der Waals surface area contributed by atoms with Crippen LogP contribution in [0.25, 0.3) is 43.9 Å². The molecule has 1 saturated carbocycles. The number of carbonyl (C=O) groups is 2. The Morgan fingerprint density at radius 1 is 0.579 bits per heavy atom. The fourth-order valence-electron chi connectivity index (χ4n) is 10.7. The summed E-state index contributed by atoms with van der Waals surface area (Å²) in [4.78, 5) is 64.4. The molecule has 1 aliphatic carbocycles. The van der Waals surface area contributed by atoms with E-state index in [2.05, 4.69) is 65.1 Å². The monoisotopic (exact) mass is 1030 g/mol. The van der Waals surface area contributed by atoms with Crippen LogP contribution in [0.5, 0.6) is 0 Å². The molecule has 7 heterocycles. The predicted octanol–water partition coefficient (Wildman–Crippen LogP) is 9.22. The van der Waals surface area contributed by atoms with Gasteiger partial charge in [-0.25, -0.2) is 37.5 Å². The van der Waals surface area contributed by atoms with E-state index < -0.39 is 23.3 Å². The van der Waals surface area contributed by atoms with E-state index in [0.29, 0.717) is 35.2 Å². The number of hydrogen-bond acceptors (Lipinski definition) is 11. The minimum atomic E-state index is -0.822. The van der Waals surface area contributed by atoms with Crippen molar-refractivity contribution in [3.05, 3.63) is 156 Å². The molecule has 19 heteroatoms. The van der Waals surface area contributed by atoms with E-state index in [1.807, 2.05) is 30.3 Å². The highest BCUT2D eigenvalue weighted by Gasteiger charge is 2.26. The SMILES string of the molecule is O=C(NC1CCCCC1)c1ccc2[nH]c3c(N4CCN(CCc5ccc(F)c(F)c5)CC4)ncnc3c2c1.O=C(Nc1ccncc1)c1cccc2[nH]c3c(N4CCN(CCc5ccc(F)c(F)c5)CC4)ncnc3c12. The second kappa shape index (κ2) is 22.4. The molecule has 76 heavy (non-hydrogen) atoms. The summed E-state index contributed by atoms with van der Waals surface area (Å²) in [7, 11) is 0. The standard InChI is InChI=1S/C29H32F2N6O.C28H25F2N7O/c30-23-8-6-19(16-24(23)31)10-11-36-12-14-37(15-13-36)28-27-26(32-18-33-28)22-17-20(7-9-25(22)35-27)29(38)34-21-4-2-1-3-5-21;29-21-5-4-18(16-22(21)30)8-11-36-12-14-37(15-13-36)27-26-25(32-17-33-27)24-20(2-1-3-23(24)35-26)28(38)34-19-6-9-31-10-7-19/h6-9,16-18,21,35H,1-5,10-15H2,(H,34,38);1-7,9-10,16-17,35H,8,11-15H2,(H,31,34,38). The van der Waals surface area contributed by atoms with Gasteiger partial charge in [-0.1, -0.05) is 37.5 Å². The van der Waals surface area contributed by atoms with Crippen LogP contribution in [0.3, 0.4) is 0 Å². The van der Waals surface area contributed by atoms with Gasteiger partial charge in [0.25, 0.3) is 11.8 Å². The molecule has 15 nitrogen and oxygen atoms in total. The van der Waals surface area contributed by atoms with Crippen molar-refractivity contribution in [3.63, 3.8) is 0 Å². The number of aromatic amines is 2. The number of fused-ring (bicyclic) bond motifs is 6. The van der Waals surface area contributed by atoms with Gasteiger partial charge in [0, 0.05) is 117 Å². The average Bonchev–Trinajstić information content (AvgIpc) is 4.03. The van der Waals surface area contributed by atoms with Gasteiger partial charge in [-0.2, -0.15) is 0 Å². The van der Waals surface area contributed by atoms with E-state index in [1.54, 1.807) is 49.1 Å². The Kier molecular flexibility index (Phi) is 14.8. The zero-order valence-electron chi connectivity index (χ0n) is 41.8. The fraction of sp³-hybridized carbons (Fsp3) is 0.316. The molecule has 0 spiro atoms. The zero-order valence-corrected chi connectivity index (χ0v) is 41.8. The number of hydrogen-bond donors (Lipinski definition) is 4. The molecule has 0 radical (unpaired) electrons. The molecule has 390 valence electrons. The Labute approximate surface area is 435 Å². The molecular formula is C57H57F4N13O2. The van der Waals surface area contributed by atoms with Crippen molar-refractivity contribution < 1.29 is 27.2 Å². The van der Waals surface area contributed by atoms with Crippen LogP contribution in [0.1, 0.15) is 63.9 Å². The van der Waals surface area contributed by atoms with E-state index in [1.165, 1.54) is 49.9 Å². The molecule has 9 aromatic rings. The van der Waals surface area contributed by atoms with Gasteiger partial charge >= 0.3 is 0 Å². The number of nitrogens with zero attached hydrogens (tertiary/aromatic N) is 9. The van der Waals surface area contributed by atoms with Gasteiger partial charge in [-0.3, -0.25) is 24.4 Å². The number of carbonyl (C=O) groups excluding carboxylic acids is 2. The van der Waals surface area contributed by atoms with Crippen molar-refractivity contribution in [3.8, 4) is 0 Å². The summed E-state index contributed by atoms with van der Waals surface area (Å²) in [5.74, 6) is -1.83. The summed E-state index contributed by atoms with van der Waals surface area (Å²) < 4.78 is 53.4. The quantitative estimate of drug-likeness (QED) is 0.0862. The van der Waals surface area contributed by atoms with Crippen LogP contribution < -0.4 is 20.4 Å². The first-order valence-electron chi connectivity index (χ1n) is 26.0. The molecule has 2 saturated heterocycles. The Hall–Kier alpha value is -8.03. The fourth-order valence-corrected chi connectivity index (χ4v) is 10.7. The summed E-state index contributed by atoms with van der Waals surface area (Å²) in [5.41, 5.74) is 8.36. The molecule has 4 N–H and O–H groups in total. The molecule has 0 unspecified atom stereocenters. The molecule has 4 aromatic carbocycles. The largest absolute Gasteiger partial charge is 0.352 e. The van der Waals surface area contributed by atoms with Crippen molar-refractivity contribution in [1.29, 1.82) is 0 Å². The number of rotatable bonds is 12. The number of pyridine rings is 1. The highest BCUT2D eigenvalue weighted by molar-refractivity contribution is 6.20. The number of halogens is 4. The molecule has 0 atom stereocenters. The number of H-pyrrole nitrogens is 2. The van der Waals surface area contributed by atoms with E-state index in [4.69, 9.17) is 0 Å². The van der Waals surface area contributed by atoms with Crippen molar-refractivity contribution in [2.24, 2.45) is 0 Å². The zero-order chi connectivity index (χ0) is 52.1. The highest BCUT2D eigenvalue weighted by atomic mass is 19.2. The van der Waals surface area contributed by atoms with Gasteiger partial charge in [-0.05, 0) is 104 Å².